The summed E-state index contributed by atoms with van der Waals surface area (Å²) in [6.45, 7) is 7.33. The molecule has 0 aromatic heterocycles. The summed E-state index contributed by atoms with van der Waals surface area (Å²) in [4.78, 5) is 32.9. The smallest absolute Gasteiger partial charge is 0.282 e. The fourth-order valence-electron chi connectivity index (χ4n) is 4.34. The number of carbonyl (C=O) groups excluding carboxylic acids is 2. The van der Waals surface area contributed by atoms with Gasteiger partial charge in [-0.05, 0) is 43.2 Å². The number of nitrogens with zero attached hydrogens (tertiary/aromatic N) is 3. The molecule has 168 valence electrons. The number of ether oxygens (including phenoxy) is 1. The Morgan fingerprint density at radius 3 is 2.31 bits per heavy atom. The number of aliphatic hydroxyl groups excluding tert-OH is 1. The van der Waals surface area contributed by atoms with Crippen LogP contribution in [0.1, 0.15) is 16.7 Å². The Labute approximate surface area is 188 Å². The third-order valence-electron chi connectivity index (χ3n) is 6.29. The van der Waals surface area contributed by atoms with Crippen molar-refractivity contribution in [3.05, 3.63) is 64.9 Å². The first-order chi connectivity index (χ1) is 15.5. The molecule has 7 nitrogen and oxygen atoms in total. The van der Waals surface area contributed by atoms with E-state index in [1.165, 1.54) is 4.90 Å². The van der Waals surface area contributed by atoms with Crippen molar-refractivity contribution in [2.24, 2.45) is 0 Å². The monoisotopic (exact) mass is 435 g/mol. The van der Waals surface area contributed by atoms with Crippen molar-refractivity contribution in [2.75, 3.05) is 51.3 Å². The minimum Gasteiger partial charge on any atom is -0.496 e. The molecule has 0 radical (unpaired) electrons. The van der Waals surface area contributed by atoms with Gasteiger partial charge < -0.3 is 14.7 Å². The van der Waals surface area contributed by atoms with Gasteiger partial charge in [0.25, 0.3) is 11.8 Å². The first-order valence-corrected chi connectivity index (χ1v) is 10.9. The number of benzene rings is 2. The van der Waals surface area contributed by atoms with E-state index in [-0.39, 0.29) is 18.4 Å². The van der Waals surface area contributed by atoms with Gasteiger partial charge in [-0.3, -0.25) is 14.5 Å². The highest BCUT2D eigenvalue weighted by Crippen LogP contribution is 2.38. The highest BCUT2D eigenvalue weighted by molar-refractivity contribution is 6.45. The molecule has 2 aromatic carbocycles. The van der Waals surface area contributed by atoms with Gasteiger partial charge in [0.1, 0.15) is 11.4 Å². The van der Waals surface area contributed by atoms with E-state index in [2.05, 4.69) is 4.90 Å². The zero-order valence-corrected chi connectivity index (χ0v) is 18.8. The Morgan fingerprint density at radius 1 is 0.938 bits per heavy atom. The molecule has 4 rings (SSSR count). The molecular formula is C25H29N3O4. The summed E-state index contributed by atoms with van der Waals surface area (Å²) in [5, 5.41) is 9.24. The molecule has 0 aliphatic carbocycles. The van der Waals surface area contributed by atoms with Crippen molar-refractivity contribution in [3.63, 3.8) is 0 Å². The molecule has 2 heterocycles. The zero-order valence-electron chi connectivity index (χ0n) is 18.8. The maximum absolute atomic E-state index is 13.7. The van der Waals surface area contributed by atoms with Crippen LogP contribution in [0.5, 0.6) is 5.75 Å². The van der Waals surface area contributed by atoms with E-state index < -0.39 is 0 Å². The third kappa shape index (κ3) is 3.89. The summed E-state index contributed by atoms with van der Waals surface area (Å²) in [7, 11) is 1.56. The normalized spacial score (nSPS) is 17.5. The number of amides is 2. The van der Waals surface area contributed by atoms with Crippen molar-refractivity contribution in [1.29, 1.82) is 0 Å². The first-order valence-electron chi connectivity index (χ1n) is 10.9. The fraction of sp³-hybridized carbons (Fsp3) is 0.360. The van der Waals surface area contributed by atoms with E-state index in [1.54, 1.807) is 13.2 Å². The summed E-state index contributed by atoms with van der Waals surface area (Å²) < 4.78 is 5.53. The van der Waals surface area contributed by atoms with Gasteiger partial charge in [0.05, 0.1) is 25.0 Å². The summed E-state index contributed by atoms with van der Waals surface area (Å²) in [6, 6.07) is 12.9. The van der Waals surface area contributed by atoms with Gasteiger partial charge in [-0.1, -0.05) is 24.3 Å². The number of hydrogen-bond acceptors (Lipinski definition) is 6. The van der Waals surface area contributed by atoms with Gasteiger partial charge in [-0.15, -0.1) is 0 Å². The molecule has 32 heavy (non-hydrogen) atoms. The standard InChI is InChI=1S/C25H29N3O4/c1-17-8-9-19(16-18(17)2)28-24(30)22(20-6-4-5-7-21(20)32-3)23(25(28)31)27-12-10-26(11-13-27)14-15-29/h4-9,16,29H,10-15H2,1-3H3. The van der Waals surface area contributed by atoms with E-state index in [9.17, 15) is 14.7 Å². The second kappa shape index (κ2) is 9.14. The minimum atomic E-state index is -0.337. The topological polar surface area (TPSA) is 73.3 Å². The molecule has 2 aliphatic rings. The van der Waals surface area contributed by atoms with Crippen LogP contribution in [0.4, 0.5) is 5.69 Å². The molecule has 0 unspecified atom stereocenters. The van der Waals surface area contributed by atoms with Crippen LogP contribution in [-0.2, 0) is 9.59 Å². The van der Waals surface area contributed by atoms with Gasteiger partial charge >= 0.3 is 0 Å². The number of aliphatic hydroxyl groups is 1. The average molecular weight is 436 g/mol. The van der Waals surface area contributed by atoms with Crippen molar-refractivity contribution >= 4 is 23.1 Å². The second-order valence-corrected chi connectivity index (χ2v) is 8.19. The van der Waals surface area contributed by atoms with Crippen LogP contribution in [0.3, 0.4) is 0 Å². The summed E-state index contributed by atoms with van der Waals surface area (Å²) in [6.07, 6.45) is 0. The number of aryl methyl sites for hydroxylation is 2. The number of β-amino-alcohol motifs (C(OH)–C–C–N with tert-alkyl or cyclic N) is 1. The fourth-order valence-corrected chi connectivity index (χ4v) is 4.34. The van der Waals surface area contributed by atoms with Crippen LogP contribution in [0.25, 0.3) is 5.57 Å². The van der Waals surface area contributed by atoms with Crippen LogP contribution in [0.15, 0.2) is 48.2 Å². The molecular weight excluding hydrogens is 406 g/mol. The van der Waals surface area contributed by atoms with E-state index in [1.807, 2.05) is 55.1 Å². The number of anilines is 1. The summed E-state index contributed by atoms with van der Waals surface area (Å²) >= 11 is 0. The van der Waals surface area contributed by atoms with Crippen LogP contribution < -0.4 is 9.64 Å². The Balaban J connectivity index is 1.79. The van der Waals surface area contributed by atoms with E-state index >= 15 is 0 Å². The number of hydrogen-bond donors (Lipinski definition) is 1. The Kier molecular flexibility index (Phi) is 6.30. The van der Waals surface area contributed by atoms with Crippen LogP contribution >= 0.6 is 0 Å². The molecule has 2 amide bonds. The van der Waals surface area contributed by atoms with Gasteiger partial charge in [-0.25, -0.2) is 4.90 Å². The molecule has 0 bridgehead atoms. The lowest BCUT2D eigenvalue weighted by atomic mass is 10.0. The van der Waals surface area contributed by atoms with Gasteiger partial charge in [0, 0.05) is 38.3 Å². The highest BCUT2D eigenvalue weighted by Gasteiger charge is 2.43. The molecule has 0 spiro atoms. The predicted octanol–water partition coefficient (Wildman–Crippen LogP) is 2.21. The van der Waals surface area contributed by atoms with Crippen molar-refractivity contribution in [3.8, 4) is 5.75 Å². The number of rotatable bonds is 6. The van der Waals surface area contributed by atoms with E-state index in [4.69, 9.17) is 4.74 Å². The number of carbonyl (C=O) groups is 2. The molecule has 2 aromatic rings. The number of para-hydroxylation sites is 1. The highest BCUT2D eigenvalue weighted by atomic mass is 16.5. The van der Waals surface area contributed by atoms with Crippen molar-refractivity contribution in [2.45, 2.75) is 13.8 Å². The lowest BCUT2D eigenvalue weighted by Gasteiger charge is -2.36. The van der Waals surface area contributed by atoms with Gasteiger partial charge in [-0.2, -0.15) is 0 Å². The maximum atomic E-state index is 13.7. The second-order valence-electron chi connectivity index (χ2n) is 8.19. The summed E-state index contributed by atoms with van der Waals surface area (Å²) in [5.74, 6) is -0.0905. The van der Waals surface area contributed by atoms with Crippen LogP contribution in [0.2, 0.25) is 0 Å². The third-order valence-corrected chi connectivity index (χ3v) is 6.29. The molecule has 1 N–H and O–H groups in total. The quantitative estimate of drug-likeness (QED) is 0.702. The first kappa shape index (κ1) is 22.0. The molecule has 0 atom stereocenters. The minimum absolute atomic E-state index is 0.104. The Hall–Kier alpha value is -3.16. The molecule has 1 fully saturated rings. The zero-order chi connectivity index (χ0) is 22.8. The Bertz CT molecular complexity index is 1070. The number of methoxy groups -OCH3 is 1. The largest absolute Gasteiger partial charge is 0.496 e. The van der Waals surface area contributed by atoms with E-state index in [0.29, 0.717) is 61.0 Å². The lowest BCUT2D eigenvalue weighted by Crippen LogP contribution is -2.48. The van der Waals surface area contributed by atoms with Crippen molar-refractivity contribution < 1.29 is 19.4 Å². The molecule has 2 aliphatic heterocycles. The lowest BCUT2D eigenvalue weighted by molar-refractivity contribution is -0.120. The van der Waals surface area contributed by atoms with E-state index in [0.717, 1.165) is 11.1 Å². The molecule has 0 saturated carbocycles. The van der Waals surface area contributed by atoms with Gasteiger partial charge in [0.15, 0.2) is 0 Å². The van der Waals surface area contributed by atoms with Gasteiger partial charge in [0.2, 0.25) is 0 Å². The molecule has 1 saturated heterocycles. The summed E-state index contributed by atoms with van der Waals surface area (Å²) in [5.41, 5.74) is 4.11. The number of piperazine rings is 1. The van der Waals surface area contributed by atoms with Crippen LogP contribution in [-0.4, -0.2) is 73.2 Å². The molecule has 7 heteroatoms. The Morgan fingerprint density at radius 2 is 1.66 bits per heavy atom. The maximum Gasteiger partial charge on any atom is 0.282 e. The SMILES string of the molecule is COc1ccccc1C1=C(N2CCN(CCO)CC2)C(=O)N(c2ccc(C)c(C)c2)C1=O. The van der Waals surface area contributed by atoms with Crippen molar-refractivity contribution in [1.82, 2.24) is 9.80 Å². The number of imide groups is 1. The van der Waals surface area contributed by atoms with Crippen LogP contribution in [0, 0.1) is 13.8 Å². The predicted molar refractivity (Wildman–Crippen MR) is 123 cm³/mol. The average Bonchev–Trinajstić information content (AvgIpc) is 3.06.